The molecule has 6 nitrogen and oxygen atoms in total. The van der Waals surface area contributed by atoms with Crippen molar-refractivity contribution < 1.29 is 19.0 Å². The Bertz CT molecular complexity index is 927. The molecule has 6 heteroatoms. The van der Waals surface area contributed by atoms with Crippen LogP contribution in [0.5, 0.6) is 5.75 Å². The molecule has 1 amide bonds. The Hall–Kier alpha value is -2.41. The maximum atomic E-state index is 13.1. The zero-order valence-electron chi connectivity index (χ0n) is 17.4. The summed E-state index contributed by atoms with van der Waals surface area (Å²) in [5, 5.41) is 0. The van der Waals surface area contributed by atoms with E-state index in [0.29, 0.717) is 39.3 Å². The molecule has 158 valence electrons. The minimum Gasteiger partial charge on any atom is -0.497 e. The fraction of sp³-hybridized carbons (Fsp3) is 0.458. The van der Waals surface area contributed by atoms with Gasteiger partial charge < -0.3 is 19.1 Å². The Morgan fingerprint density at radius 2 is 2.00 bits per heavy atom. The van der Waals surface area contributed by atoms with E-state index in [4.69, 9.17) is 14.2 Å². The first-order chi connectivity index (χ1) is 14.7. The van der Waals surface area contributed by atoms with Crippen molar-refractivity contribution in [2.45, 2.75) is 31.2 Å². The molecular formula is C24H28N2O4. The van der Waals surface area contributed by atoms with Crippen LogP contribution in [0.2, 0.25) is 0 Å². The number of ether oxygens (including phenoxy) is 3. The molecule has 3 heterocycles. The summed E-state index contributed by atoms with van der Waals surface area (Å²) >= 11 is 0. The van der Waals surface area contributed by atoms with E-state index < -0.39 is 6.10 Å². The summed E-state index contributed by atoms with van der Waals surface area (Å²) in [6.07, 6.45) is 0.284. The van der Waals surface area contributed by atoms with Gasteiger partial charge in [0, 0.05) is 32.6 Å². The lowest BCUT2D eigenvalue weighted by Gasteiger charge is -2.35. The molecule has 3 aliphatic heterocycles. The summed E-state index contributed by atoms with van der Waals surface area (Å²) in [5.41, 5.74) is 3.55. The first-order valence-corrected chi connectivity index (χ1v) is 10.6. The van der Waals surface area contributed by atoms with Gasteiger partial charge in [-0.25, -0.2) is 0 Å². The number of benzene rings is 2. The lowest BCUT2D eigenvalue weighted by atomic mass is 9.86. The first-order valence-electron chi connectivity index (χ1n) is 10.6. The highest BCUT2D eigenvalue weighted by atomic mass is 16.5. The van der Waals surface area contributed by atoms with Gasteiger partial charge in [0.2, 0.25) is 0 Å². The summed E-state index contributed by atoms with van der Waals surface area (Å²) in [6, 6.07) is 16.8. The van der Waals surface area contributed by atoms with Gasteiger partial charge in [0.25, 0.3) is 5.91 Å². The number of carbonyl (C=O) groups is 1. The van der Waals surface area contributed by atoms with Crippen molar-refractivity contribution in [3.05, 3.63) is 65.2 Å². The molecule has 0 aromatic heterocycles. The zero-order valence-corrected chi connectivity index (χ0v) is 17.4. The Kier molecular flexibility index (Phi) is 5.23. The molecule has 2 saturated heterocycles. The molecule has 0 N–H and O–H groups in total. The van der Waals surface area contributed by atoms with Crippen molar-refractivity contribution >= 4 is 5.91 Å². The fourth-order valence-electron chi connectivity index (χ4n) is 5.05. The molecular weight excluding hydrogens is 380 g/mol. The Labute approximate surface area is 177 Å². The van der Waals surface area contributed by atoms with Crippen molar-refractivity contribution in [3.8, 4) is 5.75 Å². The van der Waals surface area contributed by atoms with E-state index in [1.165, 1.54) is 16.7 Å². The largest absolute Gasteiger partial charge is 0.497 e. The van der Waals surface area contributed by atoms with Gasteiger partial charge >= 0.3 is 0 Å². The van der Waals surface area contributed by atoms with Crippen LogP contribution >= 0.6 is 0 Å². The molecule has 30 heavy (non-hydrogen) atoms. The van der Waals surface area contributed by atoms with E-state index >= 15 is 0 Å². The molecule has 0 aliphatic carbocycles. The van der Waals surface area contributed by atoms with Crippen LogP contribution in [0.4, 0.5) is 0 Å². The van der Waals surface area contributed by atoms with Crippen LogP contribution in [0.25, 0.3) is 0 Å². The molecule has 2 aromatic carbocycles. The van der Waals surface area contributed by atoms with Gasteiger partial charge in [-0.05, 0) is 28.8 Å². The van der Waals surface area contributed by atoms with Crippen LogP contribution in [0.15, 0.2) is 48.5 Å². The third-order valence-electron chi connectivity index (χ3n) is 6.64. The van der Waals surface area contributed by atoms with Crippen molar-refractivity contribution in [1.82, 2.24) is 9.80 Å². The fourth-order valence-corrected chi connectivity index (χ4v) is 5.05. The molecule has 0 saturated carbocycles. The third-order valence-corrected chi connectivity index (χ3v) is 6.64. The average molecular weight is 408 g/mol. The van der Waals surface area contributed by atoms with Crippen LogP contribution in [0.3, 0.4) is 0 Å². The predicted molar refractivity (Wildman–Crippen MR) is 112 cm³/mol. The SMILES string of the molecule is COc1cccc(CN2Cc3ccccc3C23COC(C(=O)N2CCOCC2)C3)c1. The number of carbonyl (C=O) groups excluding carboxylic acids is 1. The molecule has 2 aromatic rings. The van der Waals surface area contributed by atoms with E-state index in [9.17, 15) is 4.79 Å². The number of hydrogen-bond acceptors (Lipinski definition) is 5. The number of fused-ring (bicyclic) bond motifs is 2. The summed E-state index contributed by atoms with van der Waals surface area (Å²) < 4.78 is 17.0. The summed E-state index contributed by atoms with van der Waals surface area (Å²) in [5.74, 6) is 0.960. The van der Waals surface area contributed by atoms with Crippen LogP contribution in [-0.2, 0) is 32.9 Å². The molecule has 1 spiro atoms. The number of methoxy groups -OCH3 is 1. The molecule has 2 fully saturated rings. The van der Waals surface area contributed by atoms with Crippen LogP contribution in [0, 0.1) is 0 Å². The smallest absolute Gasteiger partial charge is 0.251 e. The van der Waals surface area contributed by atoms with Crippen molar-refractivity contribution in [2.75, 3.05) is 40.0 Å². The van der Waals surface area contributed by atoms with E-state index in [-0.39, 0.29) is 11.4 Å². The minimum atomic E-state index is -0.401. The highest BCUT2D eigenvalue weighted by molar-refractivity contribution is 5.81. The lowest BCUT2D eigenvalue weighted by Crippen LogP contribution is -2.46. The van der Waals surface area contributed by atoms with E-state index in [0.717, 1.165) is 18.8 Å². The second-order valence-corrected chi connectivity index (χ2v) is 8.34. The van der Waals surface area contributed by atoms with Crippen LogP contribution in [-0.4, -0.2) is 61.8 Å². The second kappa shape index (κ2) is 8.02. The molecule has 2 atom stereocenters. The monoisotopic (exact) mass is 408 g/mol. The number of nitrogens with zero attached hydrogens (tertiary/aromatic N) is 2. The van der Waals surface area contributed by atoms with Gasteiger partial charge in [-0.1, -0.05) is 36.4 Å². The Morgan fingerprint density at radius 1 is 1.17 bits per heavy atom. The first kappa shape index (κ1) is 19.5. The lowest BCUT2D eigenvalue weighted by molar-refractivity contribution is -0.144. The predicted octanol–water partition coefficient (Wildman–Crippen LogP) is 2.55. The summed E-state index contributed by atoms with van der Waals surface area (Å²) in [4.78, 5) is 17.5. The highest BCUT2D eigenvalue weighted by Crippen LogP contribution is 2.47. The normalized spacial score (nSPS) is 26.2. The Morgan fingerprint density at radius 3 is 2.83 bits per heavy atom. The molecule has 0 bridgehead atoms. The van der Waals surface area contributed by atoms with E-state index in [1.54, 1.807) is 7.11 Å². The zero-order chi connectivity index (χ0) is 20.6. The highest BCUT2D eigenvalue weighted by Gasteiger charge is 2.52. The number of hydrogen-bond donors (Lipinski definition) is 0. The Balaban J connectivity index is 1.42. The average Bonchev–Trinajstić information content (AvgIpc) is 3.37. The van der Waals surface area contributed by atoms with Crippen molar-refractivity contribution in [2.24, 2.45) is 0 Å². The summed E-state index contributed by atoms with van der Waals surface area (Å²) in [7, 11) is 1.69. The molecule has 5 rings (SSSR count). The molecule has 0 radical (unpaired) electrons. The van der Waals surface area contributed by atoms with Crippen LogP contribution in [0.1, 0.15) is 23.1 Å². The van der Waals surface area contributed by atoms with Gasteiger partial charge in [0.15, 0.2) is 0 Å². The van der Waals surface area contributed by atoms with Crippen molar-refractivity contribution in [3.63, 3.8) is 0 Å². The quantitative estimate of drug-likeness (QED) is 0.778. The molecule has 2 unspecified atom stereocenters. The standard InChI is InChI=1S/C24H28N2O4/c1-28-20-7-4-5-18(13-20)15-26-16-19-6-2-3-8-21(19)24(26)14-22(30-17-24)23(27)25-9-11-29-12-10-25/h2-8,13,22H,9-12,14-17H2,1H3. The van der Waals surface area contributed by atoms with Gasteiger partial charge in [0.05, 0.1) is 32.5 Å². The number of amides is 1. The maximum Gasteiger partial charge on any atom is 0.251 e. The second-order valence-electron chi connectivity index (χ2n) is 8.34. The summed E-state index contributed by atoms with van der Waals surface area (Å²) in [6.45, 7) is 4.69. The van der Waals surface area contributed by atoms with Gasteiger partial charge in [0.1, 0.15) is 11.9 Å². The van der Waals surface area contributed by atoms with Crippen molar-refractivity contribution in [1.29, 1.82) is 0 Å². The molecule has 3 aliphatic rings. The topological polar surface area (TPSA) is 51.2 Å². The third kappa shape index (κ3) is 3.39. The van der Waals surface area contributed by atoms with Gasteiger partial charge in [-0.15, -0.1) is 0 Å². The maximum absolute atomic E-state index is 13.1. The minimum absolute atomic E-state index is 0.0980. The number of morpholine rings is 1. The van der Waals surface area contributed by atoms with Gasteiger partial charge in [-0.3, -0.25) is 9.69 Å². The van der Waals surface area contributed by atoms with E-state index in [1.807, 2.05) is 17.0 Å². The number of rotatable bonds is 4. The van der Waals surface area contributed by atoms with Crippen LogP contribution < -0.4 is 4.74 Å². The van der Waals surface area contributed by atoms with Gasteiger partial charge in [-0.2, -0.15) is 0 Å². The van der Waals surface area contributed by atoms with E-state index in [2.05, 4.69) is 41.3 Å².